The molecule has 0 aliphatic heterocycles. The zero-order valence-corrected chi connectivity index (χ0v) is 11.4. The van der Waals surface area contributed by atoms with Crippen LogP contribution in [0.1, 0.15) is 13.8 Å². The SMILES string of the molecule is C=CC1C=CC=CC1(COCC)OCCOCC. The van der Waals surface area contributed by atoms with Crippen molar-refractivity contribution >= 4 is 0 Å². The van der Waals surface area contributed by atoms with E-state index >= 15 is 0 Å². The van der Waals surface area contributed by atoms with Crippen molar-refractivity contribution < 1.29 is 14.2 Å². The Labute approximate surface area is 110 Å². The van der Waals surface area contributed by atoms with Gasteiger partial charge in [0.2, 0.25) is 0 Å². The second-order valence-electron chi connectivity index (χ2n) is 4.14. The van der Waals surface area contributed by atoms with Gasteiger partial charge in [0.15, 0.2) is 0 Å². The summed E-state index contributed by atoms with van der Waals surface area (Å²) in [7, 11) is 0. The van der Waals surface area contributed by atoms with Crippen LogP contribution in [-0.2, 0) is 14.2 Å². The molecule has 0 aromatic rings. The van der Waals surface area contributed by atoms with Crippen molar-refractivity contribution in [1.82, 2.24) is 0 Å². The molecular formula is C15H24O3. The molecular weight excluding hydrogens is 228 g/mol. The maximum absolute atomic E-state index is 6.02. The van der Waals surface area contributed by atoms with Gasteiger partial charge in [0.25, 0.3) is 0 Å². The van der Waals surface area contributed by atoms with Gasteiger partial charge in [-0.15, -0.1) is 6.58 Å². The molecule has 0 amide bonds. The van der Waals surface area contributed by atoms with Gasteiger partial charge in [-0.3, -0.25) is 0 Å². The van der Waals surface area contributed by atoms with Gasteiger partial charge in [0.05, 0.1) is 19.8 Å². The molecule has 0 saturated heterocycles. The first-order valence-corrected chi connectivity index (χ1v) is 6.57. The zero-order valence-electron chi connectivity index (χ0n) is 11.4. The molecule has 1 aliphatic carbocycles. The van der Waals surface area contributed by atoms with Crippen LogP contribution in [-0.4, -0.2) is 38.6 Å². The molecule has 0 N–H and O–H groups in total. The van der Waals surface area contributed by atoms with E-state index in [1.54, 1.807) is 0 Å². The van der Waals surface area contributed by atoms with E-state index in [-0.39, 0.29) is 5.92 Å². The molecule has 3 heteroatoms. The maximum atomic E-state index is 6.02. The van der Waals surface area contributed by atoms with Crippen molar-refractivity contribution in [2.24, 2.45) is 5.92 Å². The normalized spacial score (nSPS) is 26.4. The average molecular weight is 252 g/mol. The van der Waals surface area contributed by atoms with Gasteiger partial charge >= 0.3 is 0 Å². The van der Waals surface area contributed by atoms with Crippen LogP contribution in [0.3, 0.4) is 0 Å². The molecule has 0 aromatic carbocycles. The summed E-state index contributed by atoms with van der Waals surface area (Å²) < 4.78 is 16.9. The fraction of sp³-hybridized carbons (Fsp3) is 0.600. The molecule has 1 rings (SSSR count). The van der Waals surface area contributed by atoms with Crippen molar-refractivity contribution in [3.8, 4) is 0 Å². The monoisotopic (exact) mass is 252 g/mol. The zero-order chi connectivity index (χ0) is 13.3. The summed E-state index contributed by atoms with van der Waals surface area (Å²) in [4.78, 5) is 0. The van der Waals surface area contributed by atoms with Crippen LogP contribution >= 0.6 is 0 Å². The Kier molecular flexibility index (Phi) is 6.94. The highest BCUT2D eigenvalue weighted by molar-refractivity contribution is 5.25. The molecule has 102 valence electrons. The Bertz CT molecular complexity index is 296. The van der Waals surface area contributed by atoms with E-state index in [1.165, 1.54) is 0 Å². The van der Waals surface area contributed by atoms with E-state index in [9.17, 15) is 0 Å². The first-order chi connectivity index (χ1) is 8.79. The van der Waals surface area contributed by atoms with Crippen molar-refractivity contribution in [3.63, 3.8) is 0 Å². The van der Waals surface area contributed by atoms with E-state index in [4.69, 9.17) is 14.2 Å². The van der Waals surface area contributed by atoms with Crippen LogP contribution < -0.4 is 0 Å². The summed E-state index contributed by atoms with van der Waals surface area (Å²) in [5.74, 6) is 0.135. The molecule has 0 radical (unpaired) electrons. The lowest BCUT2D eigenvalue weighted by Gasteiger charge is -2.36. The summed E-state index contributed by atoms with van der Waals surface area (Å²) in [5.41, 5.74) is -0.441. The Morgan fingerprint density at radius 3 is 2.61 bits per heavy atom. The van der Waals surface area contributed by atoms with Crippen molar-refractivity contribution in [2.45, 2.75) is 19.4 Å². The molecule has 2 unspecified atom stereocenters. The molecule has 3 nitrogen and oxygen atoms in total. The lowest BCUT2D eigenvalue weighted by atomic mass is 9.84. The van der Waals surface area contributed by atoms with Crippen molar-refractivity contribution in [3.05, 3.63) is 37.0 Å². The van der Waals surface area contributed by atoms with Gasteiger partial charge in [0, 0.05) is 19.1 Å². The van der Waals surface area contributed by atoms with E-state index in [2.05, 4.69) is 18.7 Å². The van der Waals surface area contributed by atoms with Crippen LogP contribution in [0, 0.1) is 5.92 Å². The smallest absolute Gasteiger partial charge is 0.119 e. The molecule has 0 heterocycles. The van der Waals surface area contributed by atoms with Crippen LogP contribution in [0.15, 0.2) is 37.0 Å². The highest BCUT2D eigenvalue weighted by Gasteiger charge is 2.36. The second-order valence-corrected chi connectivity index (χ2v) is 4.14. The van der Waals surface area contributed by atoms with Crippen molar-refractivity contribution in [1.29, 1.82) is 0 Å². The molecule has 18 heavy (non-hydrogen) atoms. The Balaban J connectivity index is 2.64. The van der Waals surface area contributed by atoms with E-state index in [0.29, 0.717) is 33.0 Å². The molecule has 0 spiro atoms. The van der Waals surface area contributed by atoms with Crippen LogP contribution in [0.5, 0.6) is 0 Å². The highest BCUT2D eigenvalue weighted by Crippen LogP contribution is 2.30. The lowest BCUT2D eigenvalue weighted by Crippen LogP contribution is -2.44. The number of allylic oxidation sites excluding steroid dienone is 2. The Morgan fingerprint density at radius 1 is 1.17 bits per heavy atom. The fourth-order valence-corrected chi connectivity index (χ4v) is 1.98. The highest BCUT2D eigenvalue weighted by atomic mass is 16.6. The third kappa shape index (κ3) is 4.09. The average Bonchev–Trinajstić information content (AvgIpc) is 2.42. The number of ether oxygens (including phenoxy) is 3. The topological polar surface area (TPSA) is 27.7 Å². The summed E-state index contributed by atoms with van der Waals surface area (Å²) in [6.07, 6.45) is 10.1. The second kappa shape index (κ2) is 8.25. The molecule has 0 aromatic heterocycles. The van der Waals surface area contributed by atoms with Gasteiger partial charge < -0.3 is 14.2 Å². The fourth-order valence-electron chi connectivity index (χ4n) is 1.98. The van der Waals surface area contributed by atoms with E-state index < -0.39 is 5.60 Å². The Hall–Kier alpha value is -0.900. The first kappa shape index (κ1) is 15.2. The first-order valence-electron chi connectivity index (χ1n) is 6.57. The standard InChI is InChI=1S/C15H24O3/c1-4-14-9-7-8-10-15(14,13-17-6-3)18-12-11-16-5-2/h4,7-10,14H,1,5-6,11-13H2,2-3H3. The molecule has 0 fully saturated rings. The van der Waals surface area contributed by atoms with Crippen LogP contribution in [0.25, 0.3) is 0 Å². The Morgan fingerprint density at radius 2 is 1.94 bits per heavy atom. The van der Waals surface area contributed by atoms with Crippen molar-refractivity contribution in [2.75, 3.05) is 33.0 Å². The quantitative estimate of drug-likeness (QED) is 0.466. The predicted molar refractivity (Wildman–Crippen MR) is 73.6 cm³/mol. The number of hydrogen-bond acceptors (Lipinski definition) is 3. The summed E-state index contributed by atoms with van der Waals surface area (Å²) in [6, 6.07) is 0. The molecule has 1 aliphatic rings. The van der Waals surface area contributed by atoms with Gasteiger partial charge in [-0.25, -0.2) is 0 Å². The predicted octanol–water partition coefficient (Wildman–Crippen LogP) is 2.74. The van der Waals surface area contributed by atoms with Gasteiger partial charge in [-0.2, -0.15) is 0 Å². The minimum Gasteiger partial charge on any atom is -0.379 e. The summed E-state index contributed by atoms with van der Waals surface area (Å²) in [5, 5.41) is 0. The number of hydrogen-bond donors (Lipinski definition) is 0. The largest absolute Gasteiger partial charge is 0.379 e. The third-order valence-corrected chi connectivity index (χ3v) is 2.96. The molecule has 0 bridgehead atoms. The van der Waals surface area contributed by atoms with Gasteiger partial charge in [-0.05, 0) is 19.9 Å². The summed E-state index contributed by atoms with van der Waals surface area (Å²) >= 11 is 0. The maximum Gasteiger partial charge on any atom is 0.119 e. The van der Waals surface area contributed by atoms with E-state index in [1.807, 2.05) is 32.1 Å². The van der Waals surface area contributed by atoms with Gasteiger partial charge in [-0.1, -0.05) is 24.3 Å². The third-order valence-electron chi connectivity index (χ3n) is 2.96. The van der Waals surface area contributed by atoms with Gasteiger partial charge in [0.1, 0.15) is 5.60 Å². The van der Waals surface area contributed by atoms with Crippen LogP contribution in [0.2, 0.25) is 0 Å². The minimum atomic E-state index is -0.441. The molecule has 0 saturated carbocycles. The molecule has 2 atom stereocenters. The minimum absolute atomic E-state index is 0.135. The summed E-state index contributed by atoms with van der Waals surface area (Å²) in [6.45, 7) is 10.9. The lowest BCUT2D eigenvalue weighted by molar-refractivity contribution is -0.0937. The number of rotatable bonds is 9. The van der Waals surface area contributed by atoms with E-state index in [0.717, 1.165) is 0 Å². The van der Waals surface area contributed by atoms with Crippen LogP contribution in [0.4, 0.5) is 0 Å².